The Bertz CT molecular complexity index is 3170. The summed E-state index contributed by atoms with van der Waals surface area (Å²) in [6.07, 6.45) is 0. The molecule has 0 unspecified atom stereocenters. The molecule has 4 heteroatoms. The van der Waals surface area contributed by atoms with Crippen LogP contribution in [0.3, 0.4) is 0 Å². The van der Waals surface area contributed by atoms with E-state index in [1.807, 2.05) is 30.0 Å². The van der Waals surface area contributed by atoms with Gasteiger partial charge in [0.15, 0.2) is 5.82 Å². The van der Waals surface area contributed by atoms with E-state index in [4.69, 9.17) is 14.4 Å². The van der Waals surface area contributed by atoms with Crippen LogP contribution in [0.2, 0.25) is 0 Å². The highest BCUT2D eigenvalue weighted by atomic mass is 32.2. The molecule has 3 nitrogen and oxygen atoms in total. The SMILES string of the molecule is c1ccc(-c2cc(-c3ccc(-c4cccc5c4oc4ccccc45)cc3)nc(-c3cccc4c3Sc3ccccc3C43c4ccccc4-c4ccccc43)n2)cc1. The maximum absolute atomic E-state index is 6.40. The largest absolute Gasteiger partial charge is 0.455 e. The van der Waals surface area contributed by atoms with Gasteiger partial charge in [-0.2, -0.15) is 0 Å². The van der Waals surface area contributed by atoms with Gasteiger partial charge in [-0.25, -0.2) is 9.97 Å². The first kappa shape index (κ1) is 32.3. The minimum atomic E-state index is -0.473. The highest BCUT2D eigenvalue weighted by molar-refractivity contribution is 7.99. The van der Waals surface area contributed by atoms with Gasteiger partial charge in [0.1, 0.15) is 11.2 Å². The summed E-state index contributed by atoms with van der Waals surface area (Å²) < 4.78 is 6.40. The fraction of sp³-hybridized carbons (Fsp3) is 0.0189. The second-order valence-electron chi connectivity index (χ2n) is 14.8. The van der Waals surface area contributed by atoms with Crippen LogP contribution >= 0.6 is 11.8 Å². The van der Waals surface area contributed by atoms with Crippen molar-refractivity contribution in [3.05, 3.63) is 216 Å². The van der Waals surface area contributed by atoms with Crippen LogP contribution in [-0.2, 0) is 5.41 Å². The predicted molar refractivity (Wildman–Crippen MR) is 232 cm³/mol. The van der Waals surface area contributed by atoms with Crippen LogP contribution in [-0.4, -0.2) is 9.97 Å². The molecule has 8 aromatic carbocycles. The van der Waals surface area contributed by atoms with Crippen molar-refractivity contribution in [1.82, 2.24) is 9.97 Å². The maximum Gasteiger partial charge on any atom is 0.161 e. The molecule has 0 atom stereocenters. The Hall–Kier alpha value is -7.01. The van der Waals surface area contributed by atoms with Crippen LogP contribution in [0.5, 0.6) is 0 Å². The summed E-state index contributed by atoms with van der Waals surface area (Å²) in [7, 11) is 0. The summed E-state index contributed by atoms with van der Waals surface area (Å²) in [5, 5.41) is 2.25. The molecule has 12 rings (SSSR count). The summed E-state index contributed by atoms with van der Waals surface area (Å²) in [4.78, 5) is 13.2. The molecule has 0 N–H and O–H groups in total. The van der Waals surface area contributed by atoms with E-state index in [1.54, 1.807) is 0 Å². The lowest BCUT2D eigenvalue weighted by atomic mass is 9.67. The van der Waals surface area contributed by atoms with Gasteiger partial charge in [0.05, 0.1) is 16.8 Å². The molecule has 2 aliphatic rings. The summed E-state index contributed by atoms with van der Waals surface area (Å²) in [6.45, 7) is 0. The minimum absolute atomic E-state index is 0.473. The lowest BCUT2D eigenvalue weighted by molar-refractivity contribution is 0.670. The first-order valence-corrected chi connectivity index (χ1v) is 20.1. The number of hydrogen-bond donors (Lipinski definition) is 0. The Morgan fingerprint density at radius 1 is 0.404 bits per heavy atom. The first-order valence-electron chi connectivity index (χ1n) is 19.3. The van der Waals surface area contributed by atoms with E-state index >= 15 is 0 Å². The smallest absolute Gasteiger partial charge is 0.161 e. The molecule has 57 heavy (non-hydrogen) atoms. The van der Waals surface area contributed by atoms with Crippen LogP contribution in [0, 0.1) is 0 Å². The third-order valence-electron chi connectivity index (χ3n) is 11.8. The fourth-order valence-electron chi connectivity index (χ4n) is 9.32. The first-order chi connectivity index (χ1) is 28.3. The average molecular weight is 745 g/mol. The van der Waals surface area contributed by atoms with Gasteiger partial charge in [0.25, 0.3) is 0 Å². The molecule has 266 valence electrons. The molecule has 0 bridgehead atoms. The van der Waals surface area contributed by atoms with Crippen molar-refractivity contribution in [2.24, 2.45) is 0 Å². The van der Waals surface area contributed by atoms with E-state index in [0.717, 1.165) is 61.1 Å². The van der Waals surface area contributed by atoms with Crippen molar-refractivity contribution < 1.29 is 4.42 Å². The van der Waals surface area contributed by atoms with Gasteiger partial charge in [-0.05, 0) is 57.1 Å². The van der Waals surface area contributed by atoms with Gasteiger partial charge in [-0.3, -0.25) is 0 Å². The Morgan fingerprint density at radius 3 is 1.72 bits per heavy atom. The number of benzene rings is 8. The van der Waals surface area contributed by atoms with E-state index in [0.29, 0.717) is 5.82 Å². The zero-order valence-corrected chi connectivity index (χ0v) is 31.5. The zero-order valence-electron chi connectivity index (χ0n) is 30.7. The van der Waals surface area contributed by atoms with Crippen molar-refractivity contribution in [3.8, 4) is 56.2 Å². The van der Waals surface area contributed by atoms with Gasteiger partial charge < -0.3 is 4.42 Å². The standard InChI is InChI=1S/C53H32N2OS/c1-2-14-34(15-3-1)46-32-47(35-30-28-33(29-31-35)36-19-12-20-40-39-18-6-10-26-48(39)56-50(36)40)55-52(54-46)41-21-13-25-45-51(41)57-49-27-11-9-24-44(49)53(45)42-22-7-4-16-37(42)38-17-5-8-23-43(38)53/h1-32H. The molecule has 0 radical (unpaired) electrons. The number of furan rings is 1. The van der Waals surface area contributed by atoms with Gasteiger partial charge in [-0.15, -0.1) is 0 Å². The van der Waals surface area contributed by atoms with Gasteiger partial charge >= 0.3 is 0 Å². The van der Waals surface area contributed by atoms with Crippen molar-refractivity contribution in [2.75, 3.05) is 0 Å². The van der Waals surface area contributed by atoms with E-state index in [1.165, 1.54) is 43.2 Å². The molecule has 1 aliphatic carbocycles. The van der Waals surface area contributed by atoms with Gasteiger partial charge in [-0.1, -0.05) is 188 Å². The Labute approximate surface area is 334 Å². The van der Waals surface area contributed by atoms with Crippen LogP contribution in [0.25, 0.3) is 78.1 Å². The topological polar surface area (TPSA) is 38.9 Å². The molecular weight excluding hydrogens is 713 g/mol. The fourth-order valence-corrected chi connectivity index (χ4v) is 10.6. The van der Waals surface area contributed by atoms with E-state index < -0.39 is 5.41 Å². The summed E-state index contributed by atoms with van der Waals surface area (Å²) in [5.41, 5.74) is 16.1. The number of nitrogens with zero attached hydrogens (tertiary/aromatic N) is 2. The quantitative estimate of drug-likeness (QED) is 0.180. The number of fused-ring (bicyclic) bond motifs is 12. The summed E-state index contributed by atoms with van der Waals surface area (Å²) >= 11 is 1.83. The molecule has 0 saturated heterocycles. The Kier molecular flexibility index (Phi) is 7.08. The number of rotatable bonds is 4. The third kappa shape index (κ3) is 4.74. The zero-order chi connectivity index (χ0) is 37.5. The van der Waals surface area contributed by atoms with Crippen LogP contribution in [0.15, 0.2) is 208 Å². The molecule has 0 saturated carbocycles. The molecule has 10 aromatic rings. The van der Waals surface area contributed by atoms with Crippen molar-refractivity contribution in [3.63, 3.8) is 0 Å². The van der Waals surface area contributed by atoms with Crippen LogP contribution in [0.4, 0.5) is 0 Å². The molecule has 1 spiro atoms. The molecule has 1 aliphatic heterocycles. The van der Waals surface area contributed by atoms with Crippen LogP contribution in [0.1, 0.15) is 22.3 Å². The second-order valence-corrected chi connectivity index (χ2v) is 15.9. The average Bonchev–Trinajstić information content (AvgIpc) is 3.81. The lowest BCUT2D eigenvalue weighted by Gasteiger charge is -2.40. The third-order valence-corrected chi connectivity index (χ3v) is 13.0. The van der Waals surface area contributed by atoms with Gasteiger partial charge in [0, 0.05) is 42.8 Å². The summed E-state index contributed by atoms with van der Waals surface area (Å²) in [6, 6.07) is 69.4. The molecule has 0 fully saturated rings. The van der Waals surface area contributed by atoms with Gasteiger partial charge in [0.2, 0.25) is 0 Å². The van der Waals surface area contributed by atoms with E-state index in [-0.39, 0.29) is 0 Å². The normalized spacial score (nSPS) is 13.3. The molecular formula is C53H32N2OS. The molecule has 0 amide bonds. The minimum Gasteiger partial charge on any atom is -0.455 e. The number of para-hydroxylation sites is 2. The van der Waals surface area contributed by atoms with Crippen molar-refractivity contribution >= 4 is 33.7 Å². The Balaban J connectivity index is 1.05. The predicted octanol–water partition coefficient (Wildman–Crippen LogP) is 13.9. The van der Waals surface area contributed by atoms with Crippen molar-refractivity contribution in [2.45, 2.75) is 15.2 Å². The maximum atomic E-state index is 6.40. The van der Waals surface area contributed by atoms with E-state index in [2.05, 4.69) is 176 Å². The lowest BCUT2D eigenvalue weighted by Crippen LogP contribution is -2.32. The highest BCUT2D eigenvalue weighted by Gasteiger charge is 2.50. The number of aromatic nitrogens is 2. The van der Waals surface area contributed by atoms with Crippen LogP contribution < -0.4 is 0 Å². The molecule has 2 aromatic heterocycles. The highest BCUT2D eigenvalue weighted by Crippen LogP contribution is 2.63. The molecule has 3 heterocycles. The Morgan fingerprint density at radius 2 is 0.947 bits per heavy atom. The second kappa shape index (κ2) is 12.5. The monoisotopic (exact) mass is 744 g/mol. The summed E-state index contributed by atoms with van der Waals surface area (Å²) in [5.74, 6) is 0.709. The van der Waals surface area contributed by atoms with E-state index in [9.17, 15) is 0 Å². The number of hydrogen-bond acceptors (Lipinski definition) is 4. The van der Waals surface area contributed by atoms with Crippen molar-refractivity contribution in [1.29, 1.82) is 0 Å².